The van der Waals surface area contributed by atoms with Crippen LogP contribution >= 0.6 is 15.9 Å². The Balaban J connectivity index is 1.94. The number of rotatable bonds is 2. The molecule has 5 nitrogen and oxygen atoms in total. The predicted molar refractivity (Wildman–Crippen MR) is 92.1 cm³/mol. The summed E-state index contributed by atoms with van der Waals surface area (Å²) in [5, 5.41) is 19.2. The van der Waals surface area contributed by atoms with Crippen LogP contribution in [0.15, 0.2) is 22.7 Å². The van der Waals surface area contributed by atoms with Crippen molar-refractivity contribution in [2.75, 3.05) is 20.2 Å². The van der Waals surface area contributed by atoms with Crippen molar-refractivity contribution in [2.24, 2.45) is 0 Å². The average molecular weight is 391 g/mol. The highest BCUT2D eigenvalue weighted by molar-refractivity contribution is 9.10. The highest BCUT2D eigenvalue weighted by Gasteiger charge is 2.53. The van der Waals surface area contributed by atoms with Gasteiger partial charge in [-0.25, -0.2) is 0 Å². The molecule has 2 heterocycles. The summed E-state index contributed by atoms with van der Waals surface area (Å²) in [5.41, 5.74) is 2.05. The van der Waals surface area contributed by atoms with Gasteiger partial charge in [0, 0.05) is 29.5 Å². The number of methoxy groups -OCH3 is 1. The molecule has 0 bridgehead atoms. The Bertz CT molecular complexity index is 758. The van der Waals surface area contributed by atoms with Crippen LogP contribution in [0.1, 0.15) is 24.0 Å². The fourth-order valence-corrected chi connectivity index (χ4v) is 4.78. The second kappa shape index (κ2) is 5.76. The van der Waals surface area contributed by atoms with Gasteiger partial charge in [0.2, 0.25) is 0 Å². The molecule has 1 N–H and O–H groups in total. The molecule has 1 aromatic carbocycles. The molecule has 2 unspecified atom stereocenters. The van der Waals surface area contributed by atoms with Crippen molar-refractivity contribution in [3.63, 3.8) is 0 Å². The van der Waals surface area contributed by atoms with Crippen molar-refractivity contribution in [1.82, 2.24) is 4.90 Å². The van der Waals surface area contributed by atoms with Crippen molar-refractivity contribution in [3.05, 3.63) is 33.8 Å². The van der Waals surface area contributed by atoms with E-state index in [4.69, 9.17) is 14.7 Å². The fourth-order valence-electron chi connectivity index (χ4n) is 4.25. The van der Waals surface area contributed by atoms with Crippen molar-refractivity contribution in [2.45, 2.75) is 37.0 Å². The van der Waals surface area contributed by atoms with Gasteiger partial charge in [-0.1, -0.05) is 28.1 Å². The maximum absolute atomic E-state index is 10.1. The Labute approximate surface area is 149 Å². The average Bonchev–Trinajstić information content (AvgIpc) is 2.79. The van der Waals surface area contributed by atoms with Crippen molar-refractivity contribution in [3.8, 4) is 17.6 Å². The van der Waals surface area contributed by atoms with Gasteiger partial charge < -0.3 is 14.6 Å². The van der Waals surface area contributed by atoms with Gasteiger partial charge in [-0.15, -0.1) is 0 Å². The quantitative estimate of drug-likeness (QED) is 0.620. The van der Waals surface area contributed by atoms with Crippen molar-refractivity contribution < 1.29 is 14.6 Å². The van der Waals surface area contributed by atoms with E-state index in [1.807, 2.05) is 12.1 Å². The van der Waals surface area contributed by atoms with E-state index < -0.39 is 6.10 Å². The minimum atomic E-state index is -0.480. The highest BCUT2D eigenvalue weighted by atomic mass is 79.9. The summed E-state index contributed by atoms with van der Waals surface area (Å²) in [5.74, 6) is 1.50. The number of hydrogen-bond acceptors (Lipinski definition) is 5. The minimum Gasteiger partial charge on any atom is -0.493 e. The largest absolute Gasteiger partial charge is 0.493 e. The van der Waals surface area contributed by atoms with E-state index in [-0.39, 0.29) is 11.5 Å². The number of benzene rings is 1. The molecule has 0 aromatic heterocycles. The number of aliphatic hydroxyl groups excluding tert-OH is 1. The monoisotopic (exact) mass is 390 g/mol. The van der Waals surface area contributed by atoms with Crippen molar-refractivity contribution in [1.29, 1.82) is 5.26 Å². The van der Waals surface area contributed by atoms with Gasteiger partial charge in [0.05, 0.1) is 31.2 Å². The van der Waals surface area contributed by atoms with Gasteiger partial charge in [-0.2, -0.15) is 5.26 Å². The highest BCUT2D eigenvalue weighted by Crippen LogP contribution is 2.57. The zero-order valence-corrected chi connectivity index (χ0v) is 15.0. The van der Waals surface area contributed by atoms with E-state index in [0.717, 1.165) is 34.3 Å². The molecular formula is C18H19BrN2O3. The third-order valence-electron chi connectivity index (χ3n) is 5.41. The third-order valence-corrected chi connectivity index (χ3v) is 6.12. The molecule has 4 rings (SSSR count). The number of halogens is 1. The third kappa shape index (κ3) is 2.19. The van der Waals surface area contributed by atoms with Crippen LogP contribution < -0.4 is 9.47 Å². The molecule has 2 aliphatic heterocycles. The maximum atomic E-state index is 10.1. The lowest BCUT2D eigenvalue weighted by molar-refractivity contribution is 0.0816. The van der Waals surface area contributed by atoms with Gasteiger partial charge in [0.1, 0.15) is 6.10 Å². The lowest BCUT2D eigenvalue weighted by Gasteiger charge is -2.35. The summed E-state index contributed by atoms with van der Waals surface area (Å²) in [4.78, 5) is 2.16. The van der Waals surface area contributed by atoms with Crippen molar-refractivity contribution >= 4 is 15.9 Å². The Morgan fingerprint density at radius 1 is 1.58 bits per heavy atom. The van der Waals surface area contributed by atoms with Crippen LogP contribution in [0, 0.1) is 11.3 Å². The standard InChI is InChI=1S/C18H19BrN2O3/c1-23-14-9-13(19)12-10-21(7-5-20)6-4-18-3-2-11(22)8-15(18)24-17(14)16(12)18/h2-3,9,11,15,22H,4,6-8,10H2,1H3/t11-,15?,18?/m0/s1. The molecule has 126 valence electrons. The molecular weight excluding hydrogens is 372 g/mol. The summed E-state index contributed by atoms with van der Waals surface area (Å²) in [6, 6.07) is 4.20. The molecule has 24 heavy (non-hydrogen) atoms. The number of hydrogen-bond donors (Lipinski definition) is 1. The zero-order chi connectivity index (χ0) is 16.9. The number of nitrogens with zero attached hydrogens (tertiary/aromatic N) is 2. The molecule has 3 aliphatic rings. The van der Waals surface area contributed by atoms with Crippen LogP contribution in [0.5, 0.6) is 11.5 Å². The van der Waals surface area contributed by atoms with E-state index >= 15 is 0 Å². The Hall–Kier alpha value is -1.55. The Morgan fingerprint density at radius 2 is 2.42 bits per heavy atom. The zero-order valence-electron chi connectivity index (χ0n) is 13.5. The Kier molecular flexibility index (Phi) is 3.83. The smallest absolute Gasteiger partial charge is 0.166 e. The first-order chi connectivity index (χ1) is 11.6. The lowest BCUT2D eigenvalue weighted by atomic mass is 9.69. The molecule has 1 spiro atoms. The second-order valence-electron chi connectivity index (χ2n) is 6.67. The minimum absolute atomic E-state index is 0.100. The topological polar surface area (TPSA) is 65.7 Å². The van der Waals surface area contributed by atoms with E-state index in [1.165, 1.54) is 0 Å². The van der Waals surface area contributed by atoms with Crippen LogP contribution in [-0.4, -0.2) is 42.4 Å². The van der Waals surface area contributed by atoms with Crippen LogP contribution in [0.3, 0.4) is 0 Å². The predicted octanol–water partition coefficient (Wildman–Crippen LogP) is 2.51. The van der Waals surface area contributed by atoms with E-state index in [2.05, 4.69) is 33.0 Å². The van der Waals surface area contributed by atoms with Crippen LogP contribution in [-0.2, 0) is 12.0 Å². The number of aliphatic hydroxyl groups is 1. The first-order valence-corrected chi connectivity index (χ1v) is 8.91. The maximum Gasteiger partial charge on any atom is 0.166 e. The molecule has 3 atom stereocenters. The van der Waals surface area contributed by atoms with Gasteiger partial charge in [-0.05, 0) is 18.1 Å². The van der Waals surface area contributed by atoms with Crippen LogP contribution in [0.25, 0.3) is 0 Å². The van der Waals surface area contributed by atoms with Gasteiger partial charge in [0.25, 0.3) is 0 Å². The number of ether oxygens (including phenoxy) is 2. The lowest BCUT2D eigenvalue weighted by Crippen LogP contribution is -2.43. The molecule has 0 saturated heterocycles. The van der Waals surface area contributed by atoms with Gasteiger partial charge in [0.15, 0.2) is 11.5 Å². The van der Waals surface area contributed by atoms with E-state index in [0.29, 0.717) is 25.3 Å². The van der Waals surface area contributed by atoms with Crippen LogP contribution in [0.2, 0.25) is 0 Å². The molecule has 1 aromatic rings. The molecule has 0 radical (unpaired) electrons. The Morgan fingerprint density at radius 3 is 3.17 bits per heavy atom. The van der Waals surface area contributed by atoms with Gasteiger partial charge >= 0.3 is 0 Å². The fraction of sp³-hybridized carbons (Fsp3) is 0.500. The summed E-state index contributed by atoms with van der Waals surface area (Å²) in [6.45, 7) is 1.92. The van der Waals surface area contributed by atoms with Crippen LogP contribution in [0.4, 0.5) is 0 Å². The number of nitriles is 1. The first kappa shape index (κ1) is 15.9. The van der Waals surface area contributed by atoms with E-state index in [9.17, 15) is 5.11 Å². The molecule has 0 fully saturated rings. The van der Waals surface area contributed by atoms with Gasteiger partial charge in [-0.3, -0.25) is 4.90 Å². The molecule has 6 heteroatoms. The first-order valence-electron chi connectivity index (χ1n) is 8.12. The normalized spacial score (nSPS) is 30.8. The summed E-state index contributed by atoms with van der Waals surface area (Å²) >= 11 is 3.68. The van der Waals surface area contributed by atoms with E-state index in [1.54, 1.807) is 7.11 Å². The molecule has 0 amide bonds. The summed E-state index contributed by atoms with van der Waals surface area (Å²) < 4.78 is 12.8. The summed E-state index contributed by atoms with van der Waals surface area (Å²) in [7, 11) is 1.64. The SMILES string of the molecule is COc1cc(Br)c2c3c1OC1C[C@@H](O)C=CC31CCN(CC#N)C2. The molecule has 0 saturated carbocycles. The molecule has 1 aliphatic carbocycles. The summed E-state index contributed by atoms with van der Waals surface area (Å²) in [6.07, 6.45) is 4.85. The second-order valence-corrected chi connectivity index (χ2v) is 7.53.